The number of ether oxygens (including phenoxy) is 2. The van der Waals surface area contributed by atoms with E-state index in [2.05, 4.69) is 5.32 Å². The molecule has 0 radical (unpaired) electrons. The second-order valence-electron chi connectivity index (χ2n) is 9.39. The molecule has 2 aromatic rings. The quantitative estimate of drug-likeness (QED) is 0.312. The molecule has 5 rings (SSSR count). The van der Waals surface area contributed by atoms with Crippen LogP contribution in [0.1, 0.15) is 39.9 Å². The number of fused-ring (bicyclic) bond motifs is 1. The first-order valence-electron chi connectivity index (χ1n) is 11.9. The van der Waals surface area contributed by atoms with Crippen molar-refractivity contribution < 1.29 is 23.9 Å². The number of carbonyl (C=O) groups excluding carboxylic acids is 3. The molecule has 2 atom stereocenters. The predicted molar refractivity (Wildman–Crippen MR) is 129 cm³/mol. The number of amides is 3. The molecule has 3 amide bonds. The number of carbonyl (C=O) groups is 3. The van der Waals surface area contributed by atoms with E-state index in [1.807, 2.05) is 35.2 Å². The first-order chi connectivity index (χ1) is 17.2. The van der Waals surface area contributed by atoms with Gasteiger partial charge >= 0.3 is 0 Å². The van der Waals surface area contributed by atoms with E-state index in [-0.39, 0.29) is 24.8 Å². The van der Waals surface area contributed by atoms with Crippen LogP contribution in [0, 0.1) is 0 Å². The zero-order valence-corrected chi connectivity index (χ0v) is 19.8. The van der Waals surface area contributed by atoms with Gasteiger partial charge in [-0.1, -0.05) is 30.3 Å². The van der Waals surface area contributed by atoms with Gasteiger partial charge in [-0.05, 0) is 29.7 Å². The summed E-state index contributed by atoms with van der Waals surface area (Å²) in [5.41, 5.74) is 21.4. The number of rotatable bonds is 6. The Bertz CT molecular complexity index is 1180. The first kappa shape index (κ1) is 24.3. The second-order valence-corrected chi connectivity index (χ2v) is 9.39. The van der Waals surface area contributed by atoms with Crippen LogP contribution in [0.2, 0.25) is 0 Å². The van der Waals surface area contributed by atoms with E-state index in [9.17, 15) is 14.4 Å². The van der Waals surface area contributed by atoms with Crippen molar-refractivity contribution in [3.8, 4) is 5.75 Å². The van der Waals surface area contributed by atoms with Crippen molar-refractivity contribution in [2.75, 3.05) is 13.2 Å². The molecule has 3 heterocycles. The maximum absolute atomic E-state index is 13.0. The zero-order chi connectivity index (χ0) is 25.4. The van der Waals surface area contributed by atoms with Gasteiger partial charge in [-0.3, -0.25) is 36.1 Å². The van der Waals surface area contributed by atoms with Gasteiger partial charge in [-0.15, -0.1) is 0 Å². The van der Waals surface area contributed by atoms with E-state index in [0.29, 0.717) is 44.0 Å². The van der Waals surface area contributed by atoms with Crippen molar-refractivity contribution in [3.63, 3.8) is 0 Å². The molecule has 0 spiro atoms. The molecular formula is C25H30N6O5. The van der Waals surface area contributed by atoms with Gasteiger partial charge in [-0.2, -0.15) is 0 Å². The number of nitrogens with one attached hydrogen (secondary N) is 1. The standard InChI is InChI=1S/C25H30N6O5/c26-24-25(27,28)30(10-11-35-24)12-15-4-6-16(7-5-15)14-36-20-3-1-2-17-18(20)13-31(23(17)34)19-8-9-21(32)29-22(19)33/h1-7,19,24H,8-14,26-28H2,(H,29,32,33). The van der Waals surface area contributed by atoms with Crippen LogP contribution in [0.15, 0.2) is 42.5 Å². The van der Waals surface area contributed by atoms with Crippen molar-refractivity contribution in [1.29, 1.82) is 0 Å². The molecule has 11 nitrogen and oxygen atoms in total. The van der Waals surface area contributed by atoms with Crippen LogP contribution in [0.4, 0.5) is 0 Å². The summed E-state index contributed by atoms with van der Waals surface area (Å²) in [5, 5.41) is 2.32. The third kappa shape index (κ3) is 4.59. The van der Waals surface area contributed by atoms with E-state index >= 15 is 0 Å². The number of hydrogen-bond donors (Lipinski definition) is 4. The molecule has 0 aromatic heterocycles. The highest BCUT2D eigenvalue weighted by atomic mass is 16.5. The van der Waals surface area contributed by atoms with Crippen LogP contribution in [0.25, 0.3) is 0 Å². The van der Waals surface area contributed by atoms with Gasteiger partial charge in [0.15, 0.2) is 12.0 Å². The van der Waals surface area contributed by atoms with E-state index in [1.165, 1.54) is 4.90 Å². The van der Waals surface area contributed by atoms with Crippen LogP contribution in [0.3, 0.4) is 0 Å². The summed E-state index contributed by atoms with van der Waals surface area (Å²) in [7, 11) is 0. The summed E-state index contributed by atoms with van der Waals surface area (Å²) < 4.78 is 11.4. The monoisotopic (exact) mass is 494 g/mol. The van der Waals surface area contributed by atoms with E-state index in [4.69, 9.17) is 26.7 Å². The fourth-order valence-electron chi connectivity index (χ4n) is 4.83. The van der Waals surface area contributed by atoms with E-state index in [1.54, 1.807) is 12.1 Å². The average molecular weight is 495 g/mol. The molecule has 0 bridgehead atoms. The molecule has 11 heteroatoms. The number of hydrogen-bond acceptors (Lipinski definition) is 9. The largest absolute Gasteiger partial charge is 0.489 e. The topological polar surface area (TPSA) is 166 Å². The van der Waals surface area contributed by atoms with Crippen LogP contribution in [0.5, 0.6) is 5.75 Å². The summed E-state index contributed by atoms with van der Waals surface area (Å²) in [6, 6.07) is 12.6. The number of benzene rings is 2. The average Bonchev–Trinajstić information content (AvgIpc) is 3.18. The van der Waals surface area contributed by atoms with Gasteiger partial charge in [0.25, 0.3) is 5.91 Å². The minimum Gasteiger partial charge on any atom is -0.489 e. The lowest BCUT2D eigenvalue weighted by Crippen LogP contribution is -2.75. The first-order valence-corrected chi connectivity index (χ1v) is 11.9. The smallest absolute Gasteiger partial charge is 0.255 e. The number of imide groups is 1. The summed E-state index contributed by atoms with van der Waals surface area (Å²) in [5.74, 6) is -1.62. The maximum atomic E-state index is 13.0. The van der Waals surface area contributed by atoms with Gasteiger partial charge < -0.3 is 20.1 Å². The molecule has 2 aromatic carbocycles. The molecule has 7 N–H and O–H groups in total. The van der Waals surface area contributed by atoms with Crippen LogP contribution < -0.4 is 27.3 Å². The van der Waals surface area contributed by atoms with Crippen LogP contribution in [-0.4, -0.2) is 58.7 Å². The Morgan fingerprint density at radius 3 is 2.58 bits per heavy atom. The van der Waals surface area contributed by atoms with E-state index in [0.717, 1.165) is 16.7 Å². The second kappa shape index (κ2) is 9.60. The maximum Gasteiger partial charge on any atom is 0.255 e. The highest BCUT2D eigenvalue weighted by Gasteiger charge is 2.40. The lowest BCUT2D eigenvalue weighted by Gasteiger charge is -2.45. The number of nitrogens with zero attached hydrogens (tertiary/aromatic N) is 2. The van der Waals surface area contributed by atoms with Crippen molar-refractivity contribution in [2.45, 2.75) is 50.6 Å². The highest BCUT2D eigenvalue weighted by molar-refractivity contribution is 6.05. The number of morpholine rings is 1. The Kier molecular flexibility index (Phi) is 6.49. The molecule has 2 saturated heterocycles. The fraction of sp³-hybridized carbons (Fsp3) is 0.400. The van der Waals surface area contributed by atoms with Crippen LogP contribution in [-0.2, 0) is 34.0 Å². The van der Waals surface area contributed by atoms with Gasteiger partial charge in [0.1, 0.15) is 18.4 Å². The summed E-state index contributed by atoms with van der Waals surface area (Å²) >= 11 is 0. The number of piperidine rings is 1. The van der Waals surface area contributed by atoms with Gasteiger partial charge in [0.05, 0.1) is 13.2 Å². The Morgan fingerprint density at radius 1 is 1.08 bits per heavy atom. The molecule has 2 unspecified atom stereocenters. The normalized spacial score (nSPS) is 24.0. The summed E-state index contributed by atoms with van der Waals surface area (Å²) in [6.07, 6.45) is -0.228. The highest BCUT2D eigenvalue weighted by Crippen LogP contribution is 2.34. The lowest BCUT2D eigenvalue weighted by atomic mass is 10.0. The summed E-state index contributed by atoms with van der Waals surface area (Å²) in [4.78, 5) is 40.2. The number of nitrogens with two attached hydrogens (primary N) is 3. The zero-order valence-electron chi connectivity index (χ0n) is 19.8. The molecular weight excluding hydrogens is 464 g/mol. The molecule has 0 saturated carbocycles. The Balaban J connectivity index is 1.23. The fourth-order valence-corrected chi connectivity index (χ4v) is 4.83. The predicted octanol–water partition coefficient (Wildman–Crippen LogP) is -0.285. The SMILES string of the molecule is NC1OCCN(Cc2ccc(COc3cccc4c3CN(C3CCC(=O)NC3=O)C4=O)cc2)C1(N)N. The van der Waals surface area contributed by atoms with Crippen molar-refractivity contribution in [3.05, 3.63) is 64.7 Å². The molecule has 0 aliphatic carbocycles. The minimum absolute atomic E-state index is 0.214. The molecule has 3 aliphatic rings. The molecule has 2 fully saturated rings. The lowest BCUT2D eigenvalue weighted by molar-refractivity contribution is -0.136. The third-order valence-corrected chi connectivity index (χ3v) is 6.99. The third-order valence-electron chi connectivity index (χ3n) is 6.99. The Hall–Kier alpha value is -3.35. The molecule has 190 valence electrons. The summed E-state index contributed by atoms with van der Waals surface area (Å²) in [6.45, 7) is 2.16. The Morgan fingerprint density at radius 2 is 1.83 bits per heavy atom. The van der Waals surface area contributed by atoms with Gasteiger partial charge in [0, 0.05) is 30.6 Å². The van der Waals surface area contributed by atoms with Crippen LogP contribution >= 0.6 is 0 Å². The molecule has 3 aliphatic heterocycles. The van der Waals surface area contributed by atoms with E-state index < -0.39 is 24.0 Å². The Labute approximate surface area is 208 Å². The van der Waals surface area contributed by atoms with Crippen molar-refractivity contribution >= 4 is 17.7 Å². The van der Waals surface area contributed by atoms with Crippen molar-refractivity contribution in [2.24, 2.45) is 17.2 Å². The van der Waals surface area contributed by atoms with Gasteiger partial charge in [0.2, 0.25) is 11.8 Å². The van der Waals surface area contributed by atoms with Crippen molar-refractivity contribution in [1.82, 2.24) is 15.1 Å². The molecule has 36 heavy (non-hydrogen) atoms. The van der Waals surface area contributed by atoms with Gasteiger partial charge in [-0.25, -0.2) is 0 Å². The minimum atomic E-state index is -1.24.